The molecule has 1 rings (SSSR count). The maximum absolute atomic E-state index is 12.7. The fourth-order valence-electron chi connectivity index (χ4n) is 2.04. The zero-order valence-electron chi connectivity index (χ0n) is 13.3. The summed E-state index contributed by atoms with van der Waals surface area (Å²) in [4.78, 5) is 14.7. The molecule has 114 valence electrons. The average Bonchev–Trinajstić information content (AvgIpc) is 2.67. The molecule has 0 spiro atoms. The van der Waals surface area contributed by atoms with Gasteiger partial charge < -0.3 is 9.47 Å². The van der Waals surface area contributed by atoms with Crippen molar-refractivity contribution in [1.82, 2.24) is 9.47 Å². The van der Waals surface area contributed by atoms with Gasteiger partial charge in [0.1, 0.15) is 5.69 Å². The van der Waals surface area contributed by atoms with Crippen LogP contribution in [0, 0.1) is 11.8 Å². The van der Waals surface area contributed by atoms with Crippen LogP contribution >= 0.6 is 15.9 Å². The SMILES string of the molecule is CC(C)CCN(CCC(C)C)C(=O)c1cc(Br)cn1C. The highest BCUT2D eigenvalue weighted by atomic mass is 79.9. The van der Waals surface area contributed by atoms with Crippen LogP contribution in [0.2, 0.25) is 0 Å². The van der Waals surface area contributed by atoms with Crippen molar-refractivity contribution in [1.29, 1.82) is 0 Å². The summed E-state index contributed by atoms with van der Waals surface area (Å²) in [5.41, 5.74) is 0.754. The van der Waals surface area contributed by atoms with Gasteiger partial charge in [0, 0.05) is 30.8 Å². The Balaban J connectivity index is 2.79. The van der Waals surface area contributed by atoms with Crippen LogP contribution in [0.1, 0.15) is 51.0 Å². The molecule has 0 aliphatic rings. The van der Waals surface area contributed by atoms with Crippen molar-refractivity contribution >= 4 is 21.8 Å². The molecule has 1 amide bonds. The Morgan fingerprint density at radius 2 is 1.70 bits per heavy atom. The molecule has 1 heterocycles. The molecule has 0 atom stereocenters. The van der Waals surface area contributed by atoms with Gasteiger partial charge in [-0.1, -0.05) is 27.7 Å². The minimum atomic E-state index is 0.138. The van der Waals surface area contributed by atoms with Gasteiger partial charge >= 0.3 is 0 Å². The van der Waals surface area contributed by atoms with Gasteiger partial charge in [-0.05, 0) is 46.7 Å². The molecular formula is C16H27BrN2O. The Labute approximate surface area is 131 Å². The molecular weight excluding hydrogens is 316 g/mol. The van der Waals surface area contributed by atoms with Crippen LogP contribution in [0.4, 0.5) is 0 Å². The number of aromatic nitrogens is 1. The van der Waals surface area contributed by atoms with E-state index in [0.717, 1.165) is 36.1 Å². The van der Waals surface area contributed by atoms with Crippen LogP contribution in [0.25, 0.3) is 0 Å². The quantitative estimate of drug-likeness (QED) is 0.724. The third-order valence-electron chi connectivity index (χ3n) is 3.43. The molecule has 0 fully saturated rings. The van der Waals surface area contributed by atoms with Gasteiger partial charge in [-0.3, -0.25) is 4.79 Å². The Kier molecular flexibility index (Phi) is 6.80. The van der Waals surface area contributed by atoms with Crippen molar-refractivity contribution in [2.75, 3.05) is 13.1 Å². The number of aryl methyl sites for hydroxylation is 1. The van der Waals surface area contributed by atoms with Gasteiger partial charge in [-0.2, -0.15) is 0 Å². The van der Waals surface area contributed by atoms with E-state index in [4.69, 9.17) is 0 Å². The summed E-state index contributed by atoms with van der Waals surface area (Å²) in [7, 11) is 1.92. The number of amides is 1. The topological polar surface area (TPSA) is 25.2 Å². The van der Waals surface area contributed by atoms with E-state index in [1.807, 2.05) is 28.8 Å². The van der Waals surface area contributed by atoms with Gasteiger partial charge in [0.2, 0.25) is 0 Å². The molecule has 4 heteroatoms. The maximum Gasteiger partial charge on any atom is 0.270 e. The molecule has 0 saturated carbocycles. The molecule has 20 heavy (non-hydrogen) atoms. The normalized spacial score (nSPS) is 11.4. The predicted octanol–water partition coefficient (Wildman–Crippen LogP) is 4.32. The van der Waals surface area contributed by atoms with Crippen LogP contribution in [-0.4, -0.2) is 28.5 Å². The fraction of sp³-hybridized carbons (Fsp3) is 0.688. The first kappa shape index (κ1) is 17.3. The molecule has 0 bridgehead atoms. The minimum Gasteiger partial charge on any atom is -0.345 e. The standard InChI is InChI=1S/C16H27BrN2O/c1-12(2)6-8-19(9-7-13(3)4)16(20)15-10-14(17)11-18(15)5/h10-13H,6-9H2,1-5H3. The average molecular weight is 343 g/mol. The van der Waals surface area contributed by atoms with Crippen molar-refractivity contribution < 1.29 is 4.79 Å². The monoisotopic (exact) mass is 342 g/mol. The number of hydrogen-bond donors (Lipinski definition) is 0. The molecule has 0 aliphatic heterocycles. The van der Waals surface area contributed by atoms with Gasteiger partial charge in [0.05, 0.1) is 0 Å². The zero-order valence-corrected chi connectivity index (χ0v) is 14.9. The second-order valence-corrected chi connectivity index (χ2v) is 7.23. The highest BCUT2D eigenvalue weighted by Crippen LogP contribution is 2.17. The molecule has 0 N–H and O–H groups in total. The number of rotatable bonds is 7. The van der Waals surface area contributed by atoms with E-state index < -0.39 is 0 Å². The van der Waals surface area contributed by atoms with E-state index in [9.17, 15) is 4.79 Å². The second kappa shape index (κ2) is 7.87. The third kappa shape index (κ3) is 5.31. The lowest BCUT2D eigenvalue weighted by Gasteiger charge is -2.24. The highest BCUT2D eigenvalue weighted by molar-refractivity contribution is 9.10. The van der Waals surface area contributed by atoms with E-state index >= 15 is 0 Å². The van der Waals surface area contributed by atoms with Gasteiger partial charge in [0.25, 0.3) is 5.91 Å². The van der Waals surface area contributed by atoms with Crippen molar-refractivity contribution in [2.45, 2.75) is 40.5 Å². The summed E-state index contributed by atoms with van der Waals surface area (Å²) in [6.45, 7) is 10.5. The largest absolute Gasteiger partial charge is 0.345 e. The number of carbonyl (C=O) groups is 1. The lowest BCUT2D eigenvalue weighted by atomic mass is 10.1. The highest BCUT2D eigenvalue weighted by Gasteiger charge is 2.19. The first-order chi connectivity index (χ1) is 9.31. The molecule has 0 unspecified atom stereocenters. The fourth-order valence-corrected chi connectivity index (χ4v) is 2.57. The summed E-state index contributed by atoms with van der Waals surface area (Å²) < 4.78 is 2.85. The number of carbonyl (C=O) groups excluding carboxylic acids is 1. The minimum absolute atomic E-state index is 0.138. The molecule has 1 aromatic heterocycles. The van der Waals surface area contributed by atoms with Crippen LogP contribution in [0.3, 0.4) is 0 Å². The van der Waals surface area contributed by atoms with Crippen molar-refractivity contribution in [3.8, 4) is 0 Å². The molecule has 1 aromatic rings. The molecule has 0 aliphatic carbocycles. The van der Waals surface area contributed by atoms with Crippen molar-refractivity contribution in [3.05, 3.63) is 22.4 Å². The lowest BCUT2D eigenvalue weighted by Crippen LogP contribution is -2.35. The molecule has 0 aromatic carbocycles. The van der Waals surface area contributed by atoms with Gasteiger partial charge in [0.15, 0.2) is 0 Å². The van der Waals surface area contributed by atoms with Crippen molar-refractivity contribution in [2.24, 2.45) is 18.9 Å². The Morgan fingerprint density at radius 3 is 2.05 bits per heavy atom. The molecule has 0 saturated heterocycles. The number of hydrogen-bond acceptors (Lipinski definition) is 1. The third-order valence-corrected chi connectivity index (χ3v) is 3.86. The maximum atomic E-state index is 12.7. The Bertz CT molecular complexity index is 426. The van der Waals surface area contributed by atoms with Crippen LogP contribution in [0.5, 0.6) is 0 Å². The summed E-state index contributed by atoms with van der Waals surface area (Å²) in [5.74, 6) is 1.37. The van der Waals surface area contributed by atoms with E-state index in [-0.39, 0.29) is 5.91 Å². The van der Waals surface area contributed by atoms with E-state index in [0.29, 0.717) is 11.8 Å². The van der Waals surface area contributed by atoms with Crippen LogP contribution < -0.4 is 0 Å². The number of halogens is 1. The summed E-state index contributed by atoms with van der Waals surface area (Å²) in [5, 5.41) is 0. The Hall–Kier alpha value is -0.770. The summed E-state index contributed by atoms with van der Waals surface area (Å²) in [6.07, 6.45) is 4.03. The van der Waals surface area contributed by atoms with Gasteiger partial charge in [-0.15, -0.1) is 0 Å². The van der Waals surface area contributed by atoms with E-state index in [1.54, 1.807) is 0 Å². The second-order valence-electron chi connectivity index (χ2n) is 6.31. The molecule has 0 radical (unpaired) electrons. The Morgan fingerprint density at radius 1 is 1.20 bits per heavy atom. The zero-order chi connectivity index (χ0) is 15.3. The summed E-state index contributed by atoms with van der Waals surface area (Å²) >= 11 is 3.43. The predicted molar refractivity (Wildman–Crippen MR) is 87.9 cm³/mol. The lowest BCUT2D eigenvalue weighted by molar-refractivity contribution is 0.0731. The van der Waals surface area contributed by atoms with E-state index in [2.05, 4.69) is 43.6 Å². The van der Waals surface area contributed by atoms with E-state index in [1.165, 1.54) is 0 Å². The smallest absolute Gasteiger partial charge is 0.270 e. The first-order valence-electron chi connectivity index (χ1n) is 7.42. The van der Waals surface area contributed by atoms with Gasteiger partial charge in [-0.25, -0.2) is 0 Å². The van der Waals surface area contributed by atoms with Crippen LogP contribution in [-0.2, 0) is 7.05 Å². The molecule has 3 nitrogen and oxygen atoms in total. The number of nitrogens with zero attached hydrogens (tertiary/aromatic N) is 2. The first-order valence-corrected chi connectivity index (χ1v) is 8.21. The summed E-state index contributed by atoms with van der Waals surface area (Å²) in [6, 6.07) is 1.90. The van der Waals surface area contributed by atoms with Crippen LogP contribution in [0.15, 0.2) is 16.7 Å². The van der Waals surface area contributed by atoms with Crippen molar-refractivity contribution in [3.63, 3.8) is 0 Å².